The maximum absolute atomic E-state index is 12.1. The number of nitrogens with two attached hydrogens (primary N) is 1. The van der Waals surface area contributed by atoms with Crippen molar-refractivity contribution in [1.29, 1.82) is 0 Å². The number of aryl methyl sites for hydroxylation is 1. The minimum absolute atomic E-state index is 0.0622. The molecular weight excluding hydrogens is 246 g/mol. The number of nitrogens with one attached hydrogen (secondary N) is 1. The fourth-order valence-electron chi connectivity index (χ4n) is 2.72. The molecule has 1 aromatic rings. The Bertz CT molecular complexity index is 486. The third kappa shape index (κ3) is 2.23. The molecule has 1 fully saturated rings. The SMILES string of the molecule is CC(NC(=O)C1COCC1N)c1nnc2n1CCC2. The minimum atomic E-state index is -0.261. The first-order chi connectivity index (χ1) is 9.16. The van der Waals surface area contributed by atoms with E-state index in [1.54, 1.807) is 0 Å². The van der Waals surface area contributed by atoms with Crippen molar-refractivity contribution in [2.75, 3.05) is 13.2 Å². The maximum atomic E-state index is 12.1. The van der Waals surface area contributed by atoms with Gasteiger partial charge in [0.2, 0.25) is 5.91 Å². The molecule has 3 rings (SSSR count). The highest BCUT2D eigenvalue weighted by atomic mass is 16.5. The van der Waals surface area contributed by atoms with E-state index < -0.39 is 0 Å². The van der Waals surface area contributed by atoms with Crippen LogP contribution < -0.4 is 11.1 Å². The number of rotatable bonds is 3. The Kier molecular flexibility index (Phi) is 3.24. The van der Waals surface area contributed by atoms with E-state index >= 15 is 0 Å². The Balaban J connectivity index is 1.67. The zero-order valence-electron chi connectivity index (χ0n) is 11.0. The highest BCUT2D eigenvalue weighted by Gasteiger charge is 2.33. The van der Waals surface area contributed by atoms with Crippen LogP contribution >= 0.6 is 0 Å². The first-order valence-corrected chi connectivity index (χ1v) is 6.72. The summed E-state index contributed by atoms with van der Waals surface area (Å²) in [5.74, 6) is 1.52. The summed E-state index contributed by atoms with van der Waals surface area (Å²) in [6, 6.07) is -0.365. The lowest BCUT2D eigenvalue weighted by molar-refractivity contribution is -0.125. The molecule has 1 aromatic heterocycles. The van der Waals surface area contributed by atoms with Gasteiger partial charge in [0.15, 0.2) is 5.82 Å². The van der Waals surface area contributed by atoms with E-state index in [4.69, 9.17) is 10.5 Å². The molecule has 2 aliphatic rings. The molecule has 3 heterocycles. The van der Waals surface area contributed by atoms with Gasteiger partial charge in [0, 0.05) is 19.0 Å². The Morgan fingerprint density at radius 1 is 1.53 bits per heavy atom. The van der Waals surface area contributed by atoms with Crippen LogP contribution in [0.4, 0.5) is 0 Å². The van der Waals surface area contributed by atoms with E-state index in [1.165, 1.54) is 0 Å². The van der Waals surface area contributed by atoms with E-state index in [-0.39, 0.29) is 23.9 Å². The zero-order valence-corrected chi connectivity index (χ0v) is 11.0. The van der Waals surface area contributed by atoms with Crippen molar-refractivity contribution in [2.45, 2.75) is 38.4 Å². The molecule has 3 unspecified atom stereocenters. The number of ether oxygens (including phenoxy) is 1. The first-order valence-electron chi connectivity index (χ1n) is 6.72. The van der Waals surface area contributed by atoms with Gasteiger partial charge in [0.1, 0.15) is 5.82 Å². The van der Waals surface area contributed by atoms with Gasteiger partial charge in [0.25, 0.3) is 0 Å². The van der Waals surface area contributed by atoms with Crippen LogP contribution in [0.25, 0.3) is 0 Å². The maximum Gasteiger partial charge on any atom is 0.227 e. The molecular formula is C12H19N5O2. The van der Waals surface area contributed by atoms with Crippen molar-refractivity contribution in [3.05, 3.63) is 11.6 Å². The topological polar surface area (TPSA) is 95.1 Å². The van der Waals surface area contributed by atoms with Crippen LogP contribution in [0.3, 0.4) is 0 Å². The third-order valence-corrected chi connectivity index (χ3v) is 3.85. The first kappa shape index (κ1) is 12.6. The third-order valence-electron chi connectivity index (χ3n) is 3.85. The van der Waals surface area contributed by atoms with Crippen LogP contribution in [0.2, 0.25) is 0 Å². The van der Waals surface area contributed by atoms with E-state index in [2.05, 4.69) is 20.1 Å². The number of carbonyl (C=O) groups is 1. The molecule has 0 spiro atoms. The van der Waals surface area contributed by atoms with Gasteiger partial charge < -0.3 is 20.4 Å². The second-order valence-electron chi connectivity index (χ2n) is 5.27. The van der Waals surface area contributed by atoms with Gasteiger partial charge in [-0.3, -0.25) is 4.79 Å². The van der Waals surface area contributed by atoms with E-state index in [9.17, 15) is 4.79 Å². The Morgan fingerprint density at radius 3 is 3.11 bits per heavy atom. The van der Waals surface area contributed by atoms with Crippen LogP contribution in [-0.4, -0.2) is 39.9 Å². The number of amides is 1. The quantitative estimate of drug-likeness (QED) is 0.759. The second-order valence-corrected chi connectivity index (χ2v) is 5.27. The Morgan fingerprint density at radius 2 is 2.37 bits per heavy atom. The minimum Gasteiger partial charge on any atom is -0.379 e. The van der Waals surface area contributed by atoms with Gasteiger partial charge in [-0.05, 0) is 13.3 Å². The summed E-state index contributed by atoms with van der Waals surface area (Å²) in [7, 11) is 0. The smallest absolute Gasteiger partial charge is 0.227 e. The van der Waals surface area contributed by atoms with Crippen LogP contribution in [0.15, 0.2) is 0 Å². The lowest BCUT2D eigenvalue weighted by Crippen LogP contribution is -2.42. The Labute approximate surface area is 111 Å². The molecule has 1 saturated heterocycles. The standard InChI is InChI=1S/C12H19N5O2/c1-7(11-16-15-10-3-2-4-17(10)11)14-12(18)8-5-19-6-9(8)13/h7-9H,2-6,13H2,1H3,(H,14,18). The van der Waals surface area contributed by atoms with Crippen molar-refractivity contribution in [1.82, 2.24) is 20.1 Å². The summed E-state index contributed by atoms with van der Waals surface area (Å²) in [6.07, 6.45) is 2.06. The van der Waals surface area contributed by atoms with E-state index in [0.29, 0.717) is 13.2 Å². The van der Waals surface area contributed by atoms with Crippen molar-refractivity contribution >= 4 is 5.91 Å². The molecule has 0 aliphatic carbocycles. The summed E-state index contributed by atoms with van der Waals surface area (Å²) in [5.41, 5.74) is 5.85. The van der Waals surface area contributed by atoms with Gasteiger partial charge in [-0.15, -0.1) is 10.2 Å². The molecule has 2 aliphatic heterocycles. The van der Waals surface area contributed by atoms with E-state index in [0.717, 1.165) is 31.0 Å². The van der Waals surface area contributed by atoms with Crippen LogP contribution in [-0.2, 0) is 22.5 Å². The van der Waals surface area contributed by atoms with Crippen molar-refractivity contribution in [2.24, 2.45) is 11.7 Å². The predicted molar refractivity (Wildman–Crippen MR) is 67.2 cm³/mol. The highest BCUT2D eigenvalue weighted by molar-refractivity contribution is 5.80. The number of aromatic nitrogens is 3. The highest BCUT2D eigenvalue weighted by Crippen LogP contribution is 2.20. The van der Waals surface area contributed by atoms with Gasteiger partial charge in [-0.25, -0.2) is 0 Å². The molecule has 7 nitrogen and oxygen atoms in total. The van der Waals surface area contributed by atoms with Crippen LogP contribution in [0.5, 0.6) is 0 Å². The summed E-state index contributed by atoms with van der Waals surface area (Å²) in [4.78, 5) is 12.1. The lowest BCUT2D eigenvalue weighted by Gasteiger charge is -2.18. The molecule has 0 radical (unpaired) electrons. The second kappa shape index (κ2) is 4.90. The number of carbonyl (C=O) groups excluding carboxylic acids is 1. The molecule has 7 heteroatoms. The van der Waals surface area contributed by atoms with Crippen LogP contribution in [0, 0.1) is 5.92 Å². The fraction of sp³-hybridized carbons (Fsp3) is 0.750. The number of hydrogen-bond donors (Lipinski definition) is 2. The molecule has 0 aromatic carbocycles. The fourth-order valence-corrected chi connectivity index (χ4v) is 2.72. The van der Waals surface area contributed by atoms with Crippen molar-refractivity contribution < 1.29 is 9.53 Å². The van der Waals surface area contributed by atoms with Gasteiger partial charge >= 0.3 is 0 Å². The average Bonchev–Trinajstić information content (AvgIpc) is 3.02. The Hall–Kier alpha value is -1.47. The number of nitrogens with zero attached hydrogens (tertiary/aromatic N) is 3. The molecule has 0 saturated carbocycles. The molecule has 0 bridgehead atoms. The molecule has 19 heavy (non-hydrogen) atoms. The van der Waals surface area contributed by atoms with Crippen LogP contribution in [0.1, 0.15) is 31.0 Å². The molecule has 3 N–H and O–H groups in total. The molecule has 3 atom stereocenters. The average molecular weight is 265 g/mol. The normalized spacial score (nSPS) is 27.3. The number of hydrogen-bond acceptors (Lipinski definition) is 5. The molecule has 1 amide bonds. The summed E-state index contributed by atoms with van der Waals surface area (Å²) in [5, 5.41) is 11.3. The number of fused-ring (bicyclic) bond motifs is 1. The predicted octanol–water partition coefficient (Wildman–Crippen LogP) is -0.625. The lowest BCUT2D eigenvalue weighted by atomic mass is 10.0. The van der Waals surface area contributed by atoms with Crippen molar-refractivity contribution in [3.63, 3.8) is 0 Å². The zero-order chi connectivity index (χ0) is 13.4. The van der Waals surface area contributed by atoms with Gasteiger partial charge in [0.05, 0.1) is 25.2 Å². The summed E-state index contributed by atoms with van der Waals surface area (Å²) < 4.78 is 7.31. The van der Waals surface area contributed by atoms with Crippen molar-refractivity contribution in [3.8, 4) is 0 Å². The van der Waals surface area contributed by atoms with Gasteiger partial charge in [-0.2, -0.15) is 0 Å². The van der Waals surface area contributed by atoms with E-state index in [1.807, 2.05) is 6.92 Å². The molecule has 104 valence electrons. The summed E-state index contributed by atoms with van der Waals surface area (Å²) >= 11 is 0. The summed E-state index contributed by atoms with van der Waals surface area (Å²) in [6.45, 7) is 3.71. The largest absolute Gasteiger partial charge is 0.379 e. The monoisotopic (exact) mass is 265 g/mol. The van der Waals surface area contributed by atoms with Gasteiger partial charge in [-0.1, -0.05) is 0 Å².